The maximum absolute atomic E-state index is 12.6. The first-order valence-electron chi connectivity index (χ1n) is 11.3. The molecule has 0 aliphatic carbocycles. The monoisotopic (exact) mass is 430 g/mol. The lowest BCUT2D eigenvalue weighted by molar-refractivity contribution is -0.125. The highest BCUT2D eigenvalue weighted by atomic mass is 16.2. The van der Waals surface area contributed by atoms with E-state index in [1.807, 2.05) is 36.4 Å². The van der Waals surface area contributed by atoms with Gasteiger partial charge in [0.25, 0.3) is 5.56 Å². The number of rotatable bonds is 6. The fourth-order valence-electron chi connectivity index (χ4n) is 4.15. The van der Waals surface area contributed by atoms with Crippen LogP contribution in [0.5, 0.6) is 0 Å². The zero-order chi connectivity index (χ0) is 22.5. The van der Waals surface area contributed by atoms with Gasteiger partial charge in [0.15, 0.2) is 0 Å². The summed E-state index contributed by atoms with van der Waals surface area (Å²) in [7, 11) is 0. The molecule has 3 aromatic rings. The van der Waals surface area contributed by atoms with Crippen LogP contribution in [0.25, 0.3) is 5.69 Å². The van der Waals surface area contributed by atoms with E-state index in [1.165, 1.54) is 15.8 Å². The van der Waals surface area contributed by atoms with Gasteiger partial charge < -0.3 is 10.2 Å². The number of benzene rings is 2. The lowest BCUT2D eigenvalue weighted by atomic mass is 9.96. The van der Waals surface area contributed by atoms with Crippen molar-refractivity contribution in [2.45, 2.75) is 39.7 Å². The van der Waals surface area contributed by atoms with Crippen molar-refractivity contribution in [1.82, 2.24) is 15.1 Å². The fraction of sp³-hybridized carbons (Fsp3) is 0.346. The fourth-order valence-corrected chi connectivity index (χ4v) is 4.15. The van der Waals surface area contributed by atoms with Crippen molar-refractivity contribution >= 4 is 11.7 Å². The smallest absolute Gasteiger partial charge is 0.271 e. The van der Waals surface area contributed by atoms with E-state index in [2.05, 4.69) is 41.3 Å². The highest BCUT2D eigenvalue weighted by Crippen LogP contribution is 2.22. The third-order valence-electron chi connectivity index (χ3n) is 6.11. The van der Waals surface area contributed by atoms with E-state index < -0.39 is 0 Å². The second-order valence-corrected chi connectivity index (χ2v) is 8.43. The van der Waals surface area contributed by atoms with Crippen molar-refractivity contribution in [3.05, 3.63) is 87.7 Å². The molecule has 1 fully saturated rings. The summed E-state index contributed by atoms with van der Waals surface area (Å²) in [4.78, 5) is 27.2. The predicted octanol–water partition coefficient (Wildman–Crippen LogP) is 3.64. The Morgan fingerprint density at radius 2 is 1.78 bits per heavy atom. The van der Waals surface area contributed by atoms with Crippen molar-refractivity contribution < 1.29 is 4.79 Å². The molecule has 166 valence electrons. The normalized spacial score (nSPS) is 14.4. The van der Waals surface area contributed by atoms with E-state index in [0.29, 0.717) is 6.54 Å². The number of hydrogen-bond donors (Lipinski definition) is 1. The molecule has 0 unspecified atom stereocenters. The molecule has 6 nitrogen and oxygen atoms in total. The number of carbonyl (C=O) groups excluding carboxylic acids is 1. The van der Waals surface area contributed by atoms with Gasteiger partial charge in [-0.1, -0.05) is 48.9 Å². The molecule has 1 aliphatic heterocycles. The molecule has 1 amide bonds. The minimum atomic E-state index is -0.150. The predicted molar refractivity (Wildman–Crippen MR) is 127 cm³/mol. The molecule has 0 spiro atoms. The first-order valence-corrected chi connectivity index (χ1v) is 11.3. The third-order valence-corrected chi connectivity index (χ3v) is 6.11. The van der Waals surface area contributed by atoms with Crippen LogP contribution in [0, 0.1) is 12.8 Å². The zero-order valence-electron chi connectivity index (χ0n) is 18.8. The molecule has 0 saturated carbocycles. The van der Waals surface area contributed by atoms with Crippen LogP contribution in [0.4, 0.5) is 5.82 Å². The number of anilines is 1. The van der Waals surface area contributed by atoms with Crippen LogP contribution in [-0.2, 0) is 17.8 Å². The second kappa shape index (κ2) is 9.81. The van der Waals surface area contributed by atoms with Gasteiger partial charge in [0.2, 0.25) is 5.91 Å². The zero-order valence-corrected chi connectivity index (χ0v) is 18.8. The summed E-state index contributed by atoms with van der Waals surface area (Å²) in [6.45, 7) is 6.19. The number of carbonyl (C=O) groups is 1. The molecular formula is C26H30N4O2. The molecule has 6 heteroatoms. The number of amides is 1. The number of nitrogens with zero attached hydrogens (tertiary/aromatic N) is 3. The van der Waals surface area contributed by atoms with Gasteiger partial charge in [-0.05, 0) is 55.5 Å². The number of nitrogens with one attached hydrogen (secondary N) is 1. The van der Waals surface area contributed by atoms with E-state index in [1.54, 1.807) is 12.1 Å². The maximum atomic E-state index is 12.6. The van der Waals surface area contributed by atoms with Gasteiger partial charge in [0, 0.05) is 31.6 Å². The van der Waals surface area contributed by atoms with Crippen molar-refractivity contribution in [1.29, 1.82) is 0 Å². The van der Waals surface area contributed by atoms with Gasteiger partial charge in [-0.25, -0.2) is 0 Å². The van der Waals surface area contributed by atoms with Crippen LogP contribution in [0.2, 0.25) is 0 Å². The third kappa shape index (κ3) is 5.07. The average molecular weight is 431 g/mol. The van der Waals surface area contributed by atoms with Gasteiger partial charge in [0.05, 0.1) is 5.69 Å². The lowest BCUT2D eigenvalue weighted by Crippen LogP contribution is -2.41. The average Bonchev–Trinajstić information content (AvgIpc) is 2.83. The largest absolute Gasteiger partial charge is 0.355 e. The summed E-state index contributed by atoms with van der Waals surface area (Å²) >= 11 is 0. The Morgan fingerprint density at radius 3 is 2.47 bits per heavy atom. The first-order chi connectivity index (χ1) is 15.5. The quantitative estimate of drug-likeness (QED) is 0.648. The Labute approximate surface area is 188 Å². The van der Waals surface area contributed by atoms with E-state index in [9.17, 15) is 9.59 Å². The highest BCUT2D eigenvalue weighted by Gasteiger charge is 2.25. The molecule has 1 aromatic heterocycles. The second-order valence-electron chi connectivity index (χ2n) is 8.43. The molecule has 2 aromatic carbocycles. The summed E-state index contributed by atoms with van der Waals surface area (Å²) in [5.74, 6) is 0.881. The van der Waals surface area contributed by atoms with Crippen LogP contribution in [0.3, 0.4) is 0 Å². The van der Waals surface area contributed by atoms with Gasteiger partial charge >= 0.3 is 0 Å². The highest BCUT2D eigenvalue weighted by molar-refractivity contribution is 5.79. The van der Waals surface area contributed by atoms with Crippen molar-refractivity contribution in [3.63, 3.8) is 0 Å². The number of piperidine rings is 1. The topological polar surface area (TPSA) is 67.2 Å². The van der Waals surface area contributed by atoms with E-state index in [4.69, 9.17) is 0 Å². The Balaban J connectivity index is 1.37. The SMILES string of the molecule is CCc1ccc(-n2nc(N3CCC(C(=O)NCc4cccc(C)c4)CC3)ccc2=O)cc1. The van der Waals surface area contributed by atoms with E-state index in [0.717, 1.165) is 49.4 Å². The van der Waals surface area contributed by atoms with Gasteiger partial charge in [-0.3, -0.25) is 9.59 Å². The van der Waals surface area contributed by atoms with Crippen LogP contribution < -0.4 is 15.8 Å². The maximum Gasteiger partial charge on any atom is 0.271 e. The lowest BCUT2D eigenvalue weighted by Gasteiger charge is -2.32. The summed E-state index contributed by atoms with van der Waals surface area (Å²) in [5.41, 5.74) is 4.15. The molecule has 2 heterocycles. The molecule has 0 radical (unpaired) electrons. The summed E-state index contributed by atoms with van der Waals surface area (Å²) in [6.07, 6.45) is 2.49. The Bertz CT molecular complexity index is 1130. The van der Waals surface area contributed by atoms with Crippen LogP contribution in [0.1, 0.15) is 36.5 Å². The Hall–Kier alpha value is -3.41. The Kier molecular flexibility index (Phi) is 6.69. The summed E-state index contributed by atoms with van der Waals surface area (Å²) in [5, 5.41) is 7.68. The van der Waals surface area contributed by atoms with Crippen molar-refractivity contribution in [2.75, 3.05) is 18.0 Å². The number of aryl methyl sites for hydroxylation is 2. The molecule has 1 saturated heterocycles. The van der Waals surface area contributed by atoms with Gasteiger partial charge in [-0.15, -0.1) is 5.10 Å². The molecular weight excluding hydrogens is 400 g/mol. The van der Waals surface area contributed by atoms with Crippen LogP contribution >= 0.6 is 0 Å². The number of hydrogen-bond acceptors (Lipinski definition) is 4. The molecule has 0 bridgehead atoms. The standard InChI is InChI=1S/C26H30N4O2/c1-3-20-7-9-23(10-8-20)30-25(31)12-11-24(28-30)29-15-13-22(14-16-29)26(32)27-18-21-6-4-5-19(2)17-21/h4-12,17,22H,3,13-16,18H2,1-2H3,(H,27,32). The summed E-state index contributed by atoms with van der Waals surface area (Å²) in [6, 6.07) is 19.5. The molecule has 32 heavy (non-hydrogen) atoms. The number of aromatic nitrogens is 2. The Morgan fingerprint density at radius 1 is 1.03 bits per heavy atom. The first kappa shape index (κ1) is 21.8. The van der Waals surface area contributed by atoms with E-state index in [-0.39, 0.29) is 17.4 Å². The summed E-state index contributed by atoms with van der Waals surface area (Å²) < 4.78 is 1.45. The van der Waals surface area contributed by atoms with Crippen LogP contribution in [0.15, 0.2) is 65.5 Å². The molecule has 1 N–H and O–H groups in total. The molecule has 0 atom stereocenters. The minimum Gasteiger partial charge on any atom is -0.355 e. The van der Waals surface area contributed by atoms with E-state index >= 15 is 0 Å². The van der Waals surface area contributed by atoms with Crippen molar-refractivity contribution in [2.24, 2.45) is 5.92 Å². The van der Waals surface area contributed by atoms with Crippen LogP contribution in [-0.4, -0.2) is 28.8 Å². The minimum absolute atomic E-state index is 0.00329. The van der Waals surface area contributed by atoms with Gasteiger partial charge in [0.1, 0.15) is 5.82 Å². The van der Waals surface area contributed by atoms with Gasteiger partial charge in [-0.2, -0.15) is 4.68 Å². The molecule has 4 rings (SSSR count). The molecule has 1 aliphatic rings. The van der Waals surface area contributed by atoms with Crippen molar-refractivity contribution in [3.8, 4) is 5.69 Å².